The molecular formula is C21H28N4O2S. The first-order chi connectivity index (χ1) is 13.7. The second-order valence-corrected chi connectivity index (χ2v) is 8.23. The van der Waals surface area contributed by atoms with Crippen LogP contribution in [0.25, 0.3) is 0 Å². The Bertz CT molecular complexity index is 776. The number of carbonyl (C=O) groups excluding carboxylic acids is 1. The Kier molecular flexibility index (Phi) is 6.00. The summed E-state index contributed by atoms with van der Waals surface area (Å²) in [7, 11) is 1.69. The number of anilines is 2. The van der Waals surface area contributed by atoms with E-state index in [9.17, 15) is 4.79 Å². The minimum absolute atomic E-state index is 0.0984. The highest BCUT2D eigenvalue weighted by Crippen LogP contribution is 2.26. The molecular weight excluding hydrogens is 372 g/mol. The number of nitrogens with zero attached hydrogens (tertiary/aromatic N) is 4. The fourth-order valence-electron chi connectivity index (χ4n) is 3.89. The number of methoxy groups -OCH3 is 1. The Labute approximate surface area is 170 Å². The van der Waals surface area contributed by atoms with Crippen molar-refractivity contribution < 1.29 is 9.53 Å². The molecule has 150 valence electrons. The van der Waals surface area contributed by atoms with Gasteiger partial charge < -0.3 is 19.4 Å². The molecule has 2 aliphatic heterocycles. The first-order valence-electron chi connectivity index (χ1n) is 10.1. The van der Waals surface area contributed by atoms with Crippen LogP contribution in [0.3, 0.4) is 0 Å². The number of aromatic nitrogens is 1. The number of likely N-dealkylation sites (tertiary alicyclic amines) is 1. The summed E-state index contributed by atoms with van der Waals surface area (Å²) in [6, 6.07) is 8.22. The predicted octanol–water partition coefficient (Wildman–Crippen LogP) is 3.49. The van der Waals surface area contributed by atoms with E-state index in [1.54, 1.807) is 18.4 Å². The summed E-state index contributed by atoms with van der Waals surface area (Å²) >= 11 is 1.59. The lowest BCUT2D eigenvalue weighted by Gasteiger charge is -2.36. The highest BCUT2D eigenvalue weighted by atomic mass is 32.1. The number of hydrogen-bond acceptors (Lipinski definition) is 6. The van der Waals surface area contributed by atoms with Crippen molar-refractivity contribution in [3.8, 4) is 5.75 Å². The Morgan fingerprint density at radius 1 is 0.929 bits per heavy atom. The number of carbonyl (C=O) groups is 1. The van der Waals surface area contributed by atoms with Crippen molar-refractivity contribution >= 4 is 28.1 Å². The Hall–Kier alpha value is -2.28. The quantitative estimate of drug-likeness (QED) is 0.786. The molecule has 2 aliphatic rings. The van der Waals surface area contributed by atoms with E-state index >= 15 is 0 Å². The van der Waals surface area contributed by atoms with Gasteiger partial charge in [-0.05, 0) is 37.1 Å². The molecule has 7 heteroatoms. The van der Waals surface area contributed by atoms with E-state index in [-0.39, 0.29) is 5.91 Å². The molecule has 0 spiro atoms. The normalized spacial score (nSPS) is 18.1. The van der Waals surface area contributed by atoms with Gasteiger partial charge in [-0.25, -0.2) is 4.98 Å². The van der Waals surface area contributed by atoms with E-state index in [1.807, 2.05) is 22.4 Å². The average Bonchev–Trinajstić information content (AvgIpc) is 3.09. The Balaban J connectivity index is 1.35. The minimum atomic E-state index is 0.0984. The molecule has 0 saturated carbocycles. The zero-order chi connectivity index (χ0) is 19.3. The van der Waals surface area contributed by atoms with Crippen molar-refractivity contribution in [1.82, 2.24) is 9.88 Å². The van der Waals surface area contributed by atoms with Gasteiger partial charge in [-0.3, -0.25) is 4.79 Å². The van der Waals surface area contributed by atoms with Gasteiger partial charge in [0.25, 0.3) is 5.91 Å². The summed E-state index contributed by atoms with van der Waals surface area (Å²) in [5.41, 5.74) is 1.83. The number of benzene rings is 1. The molecule has 28 heavy (non-hydrogen) atoms. The van der Waals surface area contributed by atoms with Crippen LogP contribution in [0.4, 0.5) is 10.8 Å². The van der Waals surface area contributed by atoms with Gasteiger partial charge in [0, 0.05) is 50.3 Å². The van der Waals surface area contributed by atoms with Crippen LogP contribution in [0.5, 0.6) is 5.75 Å². The lowest BCUT2D eigenvalue weighted by atomic mass is 10.2. The molecule has 4 rings (SSSR count). The topological polar surface area (TPSA) is 48.9 Å². The molecule has 0 radical (unpaired) electrons. The monoisotopic (exact) mass is 400 g/mol. The van der Waals surface area contributed by atoms with E-state index in [2.05, 4.69) is 26.9 Å². The van der Waals surface area contributed by atoms with Crippen LogP contribution < -0.4 is 14.5 Å². The van der Waals surface area contributed by atoms with E-state index < -0.39 is 0 Å². The van der Waals surface area contributed by atoms with Gasteiger partial charge in [0.15, 0.2) is 5.13 Å². The maximum Gasteiger partial charge on any atom is 0.273 e. The molecule has 0 atom stereocenters. The molecule has 2 aromatic rings. The average molecular weight is 401 g/mol. The lowest BCUT2D eigenvalue weighted by molar-refractivity contribution is 0.0756. The molecule has 1 aromatic heterocycles. The second kappa shape index (κ2) is 8.82. The Morgan fingerprint density at radius 2 is 1.57 bits per heavy atom. The van der Waals surface area contributed by atoms with E-state index in [1.165, 1.54) is 18.5 Å². The zero-order valence-electron chi connectivity index (χ0n) is 16.5. The third-order valence-corrected chi connectivity index (χ3v) is 6.49. The smallest absolute Gasteiger partial charge is 0.273 e. The maximum absolute atomic E-state index is 12.8. The first-order valence-corrected chi connectivity index (χ1v) is 11.0. The summed E-state index contributed by atoms with van der Waals surface area (Å²) < 4.78 is 5.24. The molecule has 2 fully saturated rings. The van der Waals surface area contributed by atoms with Gasteiger partial charge in [-0.2, -0.15) is 0 Å². The molecule has 0 bridgehead atoms. The summed E-state index contributed by atoms with van der Waals surface area (Å²) in [5, 5.41) is 2.89. The van der Waals surface area contributed by atoms with Gasteiger partial charge >= 0.3 is 0 Å². The van der Waals surface area contributed by atoms with Crippen LogP contribution in [0.15, 0.2) is 29.6 Å². The van der Waals surface area contributed by atoms with Crippen LogP contribution in [0, 0.1) is 0 Å². The van der Waals surface area contributed by atoms with Crippen LogP contribution in [-0.4, -0.2) is 62.2 Å². The number of rotatable bonds is 4. The van der Waals surface area contributed by atoms with Crippen molar-refractivity contribution in [3.63, 3.8) is 0 Å². The van der Waals surface area contributed by atoms with Crippen molar-refractivity contribution in [2.45, 2.75) is 25.7 Å². The largest absolute Gasteiger partial charge is 0.497 e. The van der Waals surface area contributed by atoms with Gasteiger partial charge in [-0.15, -0.1) is 11.3 Å². The Morgan fingerprint density at radius 3 is 2.21 bits per heavy atom. The van der Waals surface area contributed by atoms with Crippen LogP contribution in [0.2, 0.25) is 0 Å². The SMILES string of the molecule is COc1ccc(N2CCN(c3nc(C(=O)N4CCCCCC4)cs3)CC2)cc1. The van der Waals surface area contributed by atoms with Crippen molar-refractivity contribution in [2.24, 2.45) is 0 Å². The van der Waals surface area contributed by atoms with Crippen molar-refractivity contribution in [1.29, 1.82) is 0 Å². The number of thiazole rings is 1. The number of hydrogen-bond donors (Lipinski definition) is 0. The van der Waals surface area contributed by atoms with E-state index in [0.29, 0.717) is 5.69 Å². The summed E-state index contributed by atoms with van der Waals surface area (Å²) in [4.78, 5) is 24.1. The third kappa shape index (κ3) is 4.24. The van der Waals surface area contributed by atoms with E-state index in [4.69, 9.17) is 4.74 Å². The summed E-state index contributed by atoms with van der Waals surface area (Å²) in [6.45, 7) is 5.45. The molecule has 1 aromatic carbocycles. The lowest BCUT2D eigenvalue weighted by Crippen LogP contribution is -2.46. The number of ether oxygens (including phenoxy) is 1. The molecule has 1 amide bonds. The van der Waals surface area contributed by atoms with Crippen molar-refractivity contribution in [2.75, 3.05) is 56.2 Å². The highest BCUT2D eigenvalue weighted by Gasteiger charge is 2.23. The third-order valence-electron chi connectivity index (χ3n) is 5.59. The van der Waals surface area contributed by atoms with Gasteiger partial charge in [0.2, 0.25) is 0 Å². The maximum atomic E-state index is 12.8. The fourth-order valence-corrected chi connectivity index (χ4v) is 4.75. The van der Waals surface area contributed by atoms with Crippen molar-refractivity contribution in [3.05, 3.63) is 35.3 Å². The van der Waals surface area contributed by atoms with Crippen LogP contribution >= 0.6 is 11.3 Å². The summed E-state index contributed by atoms with van der Waals surface area (Å²) in [6.07, 6.45) is 4.67. The van der Waals surface area contributed by atoms with Gasteiger partial charge in [0.1, 0.15) is 11.4 Å². The highest BCUT2D eigenvalue weighted by molar-refractivity contribution is 7.13. The van der Waals surface area contributed by atoms with Crippen LogP contribution in [0.1, 0.15) is 36.2 Å². The molecule has 6 nitrogen and oxygen atoms in total. The number of piperazine rings is 1. The number of amides is 1. The molecule has 0 aliphatic carbocycles. The second-order valence-electron chi connectivity index (χ2n) is 7.39. The minimum Gasteiger partial charge on any atom is -0.497 e. The zero-order valence-corrected chi connectivity index (χ0v) is 17.3. The van der Waals surface area contributed by atoms with Gasteiger partial charge in [-0.1, -0.05) is 12.8 Å². The molecule has 2 saturated heterocycles. The standard InChI is InChI=1S/C21H28N4O2S/c1-27-18-8-6-17(7-9-18)23-12-14-25(15-13-23)21-22-19(16-28-21)20(26)24-10-4-2-3-5-11-24/h6-9,16H,2-5,10-15H2,1H3. The van der Waals surface area contributed by atoms with Gasteiger partial charge in [0.05, 0.1) is 7.11 Å². The molecule has 0 N–H and O–H groups in total. The van der Waals surface area contributed by atoms with Crippen LogP contribution in [-0.2, 0) is 0 Å². The molecule has 0 unspecified atom stereocenters. The predicted molar refractivity (Wildman–Crippen MR) is 114 cm³/mol. The fraction of sp³-hybridized carbons (Fsp3) is 0.524. The molecule has 3 heterocycles. The first kappa shape index (κ1) is 19.1. The summed E-state index contributed by atoms with van der Waals surface area (Å²) in [5.74, 6) is 0.980. The van der Waals surface area contributed by atoms with E-state index in [0.717, 1.165) is 63.0 Å².